The van der Waals surface area contributed by atoms with E-state index in [4.69, 9.17) is 4.52 Å². The molecule has 1 amide bonds. The lowest BCUT2D eigenvalue weighted by Crippen LogP contribution is -2.39. The van der Waals surface area contributed by atoms with Gasteiger partial charge in [-0.3, -0.25) is 14.3 Å². The SMILES string of the molecule is C=C(NC)c1ccc2c(c1)CCc1cc(C(=O)NC)ccc1C2(CCNCC(=C)N1C(C#N)C[C@@H]2C[C@@H]21)c1noc(=O)[nH]1. The highest BCUT2D eigenvalue weighted by Crippen LogP contribution is 2.49. The van der Waals surface area contributed by atoms with E-state index < -0.39 is 11.2 Å². The van der Waals surface area contributed by atoms with Crippen molar-refractivity contribution in [2.24, 2.45) is 5.92 Å². The number of aromatic nitrogens is 2. The van der Waals surface area contributed by atoms with Crippen molar-refractivity contribution >= 4 is 11.6 Å². The topological polar surface area (TPSA) is 139 Å². The molecule has 10 nitrogen and oxygen atoms in total. The monoisotopic (exact) mass is 579 g/mol. The quantitative estimate of drug-likeness (QED) is 0.269. The highest BCUT2D eigenvalue weighted by atomic mass is 16.5. The first-order valence-corrected chi connectivity index (χ1v) is 14.8. The van der Waals surface area contributed by atoms with E-state index in [1.807, 2.05) is 31.3 Å². The van der Waals surface area contributed by atoms with Crippen LogP contribution in [0, 0.1) is 17.2 Å². The number of carbonyl (C=O) groups excluding carboxylic acids is 1. The van der Waals surface area contributed by atoms with Crippen molar-refractivity contribution in [2.75, 3.05) is 27.2 Å². The Morgan fingerprint density at radius 1 is 1.12 bits per heavy atom. The molecule has 4 atom stereocenters. The van der Waals surface area contributed by atoms with Gasteiger partial charge in [-0.15, -0.1) is 0 Å². The number of H-pyrrole nitrogens is 1. The number of benzene rings is 2. The summed E-state index contributed by atoms with van der Waals surface area (Å²) in [5.74, 6) is 0.241. The lowest BCUT2D eigenvalue weighted by Gasteiger charge is -2.35. The molecule has 43 heavy (non-hydrogen) atoms. The van der Waals surface area contributed by atoms with Crippen molar-refractivity contribution < 1.29 is 9.32 Å². The summed E-state index contributed by atoms with van der Waals surface area (Å²) in [5.41, 5.74) is 6.51. The van der Waals surface area contributed by atoms with Crippen LogP contribution in [0.4, 0.5) is 0 Å². The molecule has 4 N–H and O–H groups in total. The van der Waals surface area contributed by atoms with Crippen molar-refractivity contribution in [1.29, 1.82) is 5.26 Å². The smallest absolute Gasteiger partial charge is 0.388 e. The number of likely N-dealkylation sites (tertiary alicyclic amines) is 1. The normalized spacial score (nSPS) is 23.3. The van der Waals surface area contributed by atoms with Crippen LogP contribution in [-0.2, 0) is 18.3 Å². The van der Waals surface area contributed by atoms with Crippen LogP contribution in [0.1, 0.15) is 63.3 Å². The second-order valence-electron chi connectivity index (χ2n) is 11.7. The first kappa shape index (κ1) is 28.5. The number of amides is 1. The molecular weight excluding hydrogens is 542 g/mol. The second kappa shape index (κ2) is 11.2. The summed E-state index contributed by atoms with van der Waals surface area (Å²) >= 11 is 0. The standard InChI is InChI=1S/C33H37N7O3/c1-19(40-26(17-34)15-25-16-29(25)40)18-37-12-11-33(31-38-32(42)43-39-31)27-9-7-21(20(2)35-3)13-22(27)5-6-23-14-24(30(41)36-4)8-10-28(23)33/h7-10,13-14,25-26,29,35,37H,1-2,5-6,11-12,15-16,18H2,3-4H3,(H,36,41)(H,38,39,42)/t25-,26?,29+,33?/m1/s1. The van der Waals surface area contributed by atoms with Gasteiger partial charge in [-0.25, -0.2) is 4.79 Å². The maximum Gasteiger partial charge on any atom is 0.438 e. The number of hydrogen-bond acceptors (Lipinski definition) is 8. The molecule has 1 aliphatic heterocycles. The third-order valence-electron chi connectivity index (χ3n) is 9.40. The van der Waals surface area contributed by atoms with Crippen molar-refractivity contribution in [3.8, 4) is 6.07 Å². The Morgan fingerprint density at radius 2 is 1.81 bits per heavy atom. The van der Waals surface area contributed by atoms with Gasteiger partial charge in [-0.1, -0.05) is 36.5 Å². The molecule has 2 unspecified atom stereocenters. The van der Waals surface area contributed by atoms with Crippen LogP contribution in [0.3, 0.4) is 0 Å². The average molecular weight is 580 g/mol. The number of aryl methyl sites for hydroxylation is 2. The first-order chi connectivity index (χ1) is 20.8. The number of fused-ring (bicyclic) bond motifs is 3. The first-order valence-electron chi connectivity index (χ1n) is 14.8. The fraction of sp³-hybridized carbons (Fsp3) is 0.394. The molecule has 3 aliphatic rings. The summed E-state index contributed by atoms with van der Waals surface area (Å²) in [5, 5.41) is 23.3. The van der Waals surface area contributed by atoms with E-state index in [0.29, 0.717) is 49.3 Å². The van der Waals surface area contributed by atoms with Gasteiger partial charge >= 0.3 is 5.76 Å². The lowest BCUT2D eigenvalue weighted by atomic mass is 9.69. The molecule has 2 aromatic carbocycles. The third kappa shape index (κ3) is 4.93. The molecule has 1 saturated heterocycles. The van der Waals surface area contributed by atoms with Crippen molar-refractivity contribution in [2.45, 2.75) is 49.6 Å². The van der Waals surface area contributed by atoms with Gasteiger partial charge in [0.25, 0.3) is 5.91 Å². The zero-order valence-corrected chi connectivity index (χ0v) is 24.6. The van der Waals surface area contributed by atoms with Crippen LogP contribution in [0.15, 0.2) is 64.6 Å². The molecule has 0 spiro atoms. The Labute approximate surface area is 250 Å². The van der Waals surface area contributed by atoms with Gasteiger partial charge in [0.1, 0.15) is 6.04 Å². The molecule has 6 rings (SSSR count). The van der Waals surface area contributed by atoms with Crippen LogP contribution < -0.4 is 21.7 Å². The molecule has 10 heteroatoms. The highest BCUT2D eigenvalue weighted by molar-refractivity contribution is 5.94. The minimum atomic E-state index is -0.868. The zero-order valence-electron chi connectivity index (χ0n) is 24.6. The number of piperidine rings is 1. The van der Waals surface area contributed by atoms with Gasteiger partial charge in [0, 0.05) is 43.6 Å². The van der Waals surface area contributed by atoms with E-state index in [2.05, 4.69) is 62.4 Å². The fourth-order valence-electron chi connectivity index (χ4n) is 7.15. The summed E-state index contributed by atoms with van der Waals surface area (Å²) in [6.07, 6.45) is 4.02. The van der Waals surface area contributed by atoms with Crippen LogP contribution in [0.2, 0.25) is 0 Å². The molecule has 222 valence electrons. The number of nitrogens with zero attached hydrogens (tertiary/aromatic N) is 3. The van der Waals surface area contributed by atoms with Crippen LogP contribution >= 0.6 is 0 Å². The van der Waals surface area contributed by atoms with Gasteiger partial charge in [-0.05, 0) is 90.6 Å². The number of carbonyl (C=O) groups is 1. The van der Waals surface area contributed by atoms with Gasteiger partial charge in [0.05, 0.1) is 11.5 Å². The summed E-state index contributed by atoms with van der Waals surface area (Å²) in [4.78, 5) is 30.1. The summed E-state index contributed by atoms with van der Waals surface area (Å²) in [7, 11) is 3.47. The molecule has 2 fully saturated rings. The lowest BCUT2D eigenvalue weighted by molar-refractivity contribution is 0.0963. The van der Waals surface area contributed by atoms with Gasteiger partial charge in [-0.2, -0.15) is 5.26 Å². The fourth-order valence-corrected chi connectivity index (χ4v) is 7.15. The molecule has 0 radical (unpaired) electrons. The number of nitrogens with one attached hydrogen (secondary N) is 4. The minimum absolute atomic E-state index is 0.110. The van der Waals surface area contributed by atoms with Crippen LogP contribution in [0.5, 0.6) is 0 Å². The number of nitriles is 1. The van der Waals surface area contributed by atoms with Gasteiger partial charge in [0.2, 0.25) is 0 Å². The number of aromatic amines is 1. The Morgan fingerprint density at radius 3 is 2.44 bits per heavy atom. The van der Waals surface area contributed by atoms with E-state index in [1.165, 1.54) is 0 Å². The molecule has 2 heterocycles. The Hall–Kier alpha value is -4.62. The average Bonchev–Trinajstić information content (AvgIpc) is 3.52. The van der Waals surface area contributed by atoms with Crippen LogP contribution in [-0.4, -0.2) is 60.2 Å². The van der Waals surface area contributed by atoms with Crippen LogP contribution in [0.25, 0.3) is 5.70 Å². The third-order valence-corrected chi connectivity index (χ3v) is 9.40. The highest BCUT2D eigenvalue weighted by Gasteiger charge is 2.52. The van der Waals surface area contributed by atoms with E-state index in [0.717, 1.165) is 58.5 Å². The van der Waals surface area contributed by atoms with Gasteiger partial charge < -0.3 is 20.9 Å². The number of hydrogen-bond donors (Lipinski definition) is 4. The predicted octanol–water partition coefficient (Wildman–Crippen LogP) is 2.83. The van der Waals surface area contributed by atoms with E-state index in [1.54, 1.807) is 7.05 Å². The maximum atomic E-state index is 12.6. The molecular formula is C33H37N7O3. The number of rotatable bonds is 10. The van der Waals surface area contributed by atoms with Gasteiger partial charge in [0.15, 0.2) is 5.82 Å². The molecule has 2 aliphatic carbocycles. The van der Waals surface area contributed by atoms with Crippen molar-refractivity contribution in [3.63, 3.8) is 0 Å². The Kier molecular flexibility index (Phi) is 7.44. The van der Waals surface area contributed by atoms with E-state index in [9.17, 15) is 14.9 Å². The summed E-state index contributed by atoms with van der Waals surface area (Å²) in [6.45, 7) is 9.57. The van der Waals surface area contributed by atoms with Crippen molar-refractivity contribution in [1.82, 2.24) is 31.0 Å². The molecule has 1 aromatic heterocycles. The molecule has 3 aromatic rings. The second-order valence-corrected chi connectivity index (χ2v) is 11.7. The molecule has 1 saturated carbocycles. The Bertz CT molecular complexity index is 1630. The minimum Gasteiger partial charge on any atom is -0.388 e. The largest absolute Gasteiger partial charge is 0.438 e. The zero-order chi connectivity index (χ0) is 30.3. The summed E-state index contributed by atoms with van der Waals surface area (Å²) in [6, 6.07) is 14.8. The van der Waals surface area contributed by atoms with E-state index >= 15 is 0 Å². The predicted molar refractivity (Wildman–Crippen MR) is 163 cm³/mol. The Balaban J connectivity index is 1.40. The maximum absolute atomic E-state index is 12.6. The summed E-state index contributed by atoms with van der Waals surface area (Å²) < 4.78 is 5.10. The molecule has 0 bridgehead atoms. The van der Waals surface area contributed by atoms with E-state index in [-0.39, 0.29) is 11.9 Å². The van der Waals surface area contributed by atoms with Crippen molar-refractivity contribution in [3.05, 3.63) is 105 Å².